The molecule has 32 heavy (non-hydrogen) atoms. The van der Waals surface area contributed by atoms with Gasteiger partial charge < -0.3 is 9.47 Å². The maximum Gasteiger partial charge on any atom is 0.339 e. The minimum absolute atomic E-state index is 0.0177. The first-order chi connectivity index (χ1) is 15.3. The SMILES string of the molecule is CC1CN(S(=O)(=O)c2cccc(C(=O)OCn3nnc4ccccc4c3=O)c2)CC(C)O1. The highest BCUT2D eigenvalue weighted by Crippen LogP contribution is 2.22. The summed E-state index contributed by atoms with van der Waals surface area (Å²) in [6, 6.07) is 12.3. The minimum atomic E-state index is -3.81. The Hall–Kier alpha value is -3.15. The molecule has 2 heterocycles. The Kier molecular flexibility index (Phi) is 6.04. The van der Waals surface area contributed by atoms with E-state index in [-0.39, 0.29) is 35.8 Å². The number of hydrogen-bond donors (Lipinski definition) is 0. The van der Waals surface area contributed by atoms with Crippen LogP contribution in [0.2, 0.25) is 0 Å². The zero-order valence-electron chi connectivity index (χ0n) is 17.5. The van der Waals surface area contributed by atoms with Crippen molar-refractivity contribution in [3.05, 3.63) is 64.4 Å². The Morgan fingerprint density at radius 2 is 1.84 bits per heavy atom. The Labute approximate surface area is 184 Å². The van der Waals surface area contributed by atoms with Crippen molar-refractivity contribution >= 4 is 26.9 Å². The molecule has 0 saturated carbocycles. The van der Waals surface area contributed by atoms with Crippen LogP contribution < -0.4 is 5.56 Å². The van der Waals surface area contributed by atoms with Crippen LogP contribution >= 0.6 is 0 Å². The lowest BCUT2D eigenvalue weighted by molar-refractivity contribution is -0.0440. The number of esters is 1. The summed E-state index contributed by atoms with van der Waals surface area (Å²) in [5.41, 5.74) is 0.0299. The molecule has 0 amide bonds. The number of benzene rings is 2. The number of hydrogen-bond acceptors (Lipinski definition) is 8. The van der Waals surface area contributed by atoms with Gasteiger partial charge in [0.1, 0.15) is 5.52 Å². The number of fused-ring (bicyclic) bond motifs is 1. The van der Waals surface area contributed by atoms with Crippen molar-refractivity contribution in [2.45, 2.75) is 37.7 Å². The number of morpholine rings is 1. The van der Waals surface area contributed by atoms with Crippen LogP contribution in [0.4, 0.5) is 0 Å². The molecule has 11 heteroatoms. The fourth-order valence-electron chi connectivity index (χ4n) is 3.57. The summed E-state index contributed by atoms with van der Waals surface area (Å²) in [7, 11) is -3.81. The molecule has 4 rings (SSSR count). The summed E-state index contributed by atoms with van der Waals surface area (Å²) in [6.45, 7) is 3.62. The number of nitrogens with zero attached hydrogens (tertiary/aromatic N) is 4. The van der Waals surface area contributed by atoms with Gasteiger partial charge in [-0.3, -0.25) is 4.79 Å². The van der Waals surface area contributed by atoms with Crippen LogP contribution in [0, 0.1) is 0 Å². The molecule has 10 nitrogen and oxygen atoms in total. The van der Waals surface area contributed by atoms with Crippen LogP contribution in [0.5, 0.6) is 0 Å². The van der Waals surface area contributed by atoms with Gasteiger partial charge >= 0.3 is 5.97 Å². The lowest BCUT2D eigenvalue weighted by Crippen LogP contribution is -2.48. The van der Waals surface area contributed by atoms with Gasteiger partial charge in [-0.25, -0.2) is 13.2 Å². The summed E-state index contributed by atoms with van der Waals surface area (Å²) in [4.78, 5) is 25.0. The summed E-state index contributed by atoms with van der Waals surface area (Å²) in [5, 5.41) is 8.04. The van der Waals surface area contributed by atoms with Gasteiger partial charge in [0.05, 0.1) is 28.1 Å². The van der Waals surface area contributed by atoms with E-state index in [4.69, 9.17) is 9.47 Å². The molecule has 3 aromatic rings. The van der Waals surface area contributed by atoms with Crippen molar-refractivity contribution in [2.75, 3.05) is 13.1 Å². The molecule has 1 aliphatic rings. The zero-order valence-corrected chi connectivity index (χ0v) is 18.4. The van der Waals surface area contributed by atoms with E-state index in [9.17, 15) is 18.0 Å². The van der Waals surface area contributed by atoms with Crippen molar-refractivity contribution in [1.29, 1.82) is 0 Å². The molecule has 1 fully saturated rings. The number of rotatable bonds is 5. The summed E-state index contributed by atoms with van der Waals surface area (Å²) >= 11 is 0. The number of ether oxygens (including phenoxy) is 2. The maximum absolute atomic E-state index is 13.1. The van der Waals surface area contributed by atoms with E-state index in [0.717, 1.165) is 4.68 Å². The summed E-state index contributed by atoms with van der Waals surface area (Å²) in [6.07, 6.45) is -0.467. The molecule has 0 spiro atoms. The van der Waals surface area contributed by atoms with Crippen molar-refractivity contribution in [3.8, 4) is 0 Å². The molecular formula is C21H22N4O6S. The first-order valence-corrected chi connectivity index (χ1v) is 11.4. The molecule has 1 aliphatic heterocycles. The third-order valence-corrected chi connectivity index (χ3v) is 6.87. The Bertz CT molecular complexity index is 1310. The number of aromatic nitrogens is 3. The fourth-order valence-corrected chi connectivity index (χ4v) is 5.21. The third kappa shape index (κ3) is 4.40. The molecular weight excluding hydrogens is 436 g/mol. The van der Waals surface area contributed by atoms with E-state index in [0.29, 0.717) is 10.9 Å². The highest BCUT2D eigenvalue weighted by Gasteiger charge is 2.32. The molecule has 2 atom stereocenters. The number of carbonyl (C=O) groups excluding carboxylic acids is 1. The number of sulfonamides is 1. The Balaban J connectivity index is 1.51. The van der Waals surface area contributed by atoms with Crippen molar-refractivity contribution < 1.29 is 22.7 Å². The predicted octanol–water partition coefficient (Wildman–Crippen LogP) is 1.40. The average molecular weight is 458 g/mol. The number of carbonyl (C=O) groups is 1. The average Bonchev–Trinajstić information content (AvgIpc) is 2.78. The Morgan fingerprint density at radius 1 is 1.12 bits per heavy atom. The van der Waals surface area contributed by atoms with Crippen molar-refractivity contribution in [2.24, 2.45) is 0 Å². The first-order valence-electron chi connectivity index (χ1n) is 10.0. The largest absolute Gasteiger partial charge is 0.439 e. The minimum Gasteiger partial charge on any atom is -0.439 e. The van der Waals surface area contributed by atoms with Crippen molar-refractivity contribution in [1.82, 2.24) is 19.3 Å². The Morgan fingerprint density at radius 3 is 2.59 bits per heavy atom. The van der Waals surface area contributed by atoms with Crippen LogP contribution in [0.3, 0.4) is 0 Å². The quantitative estimate of drug-likeness (QED) is 0.526. The molecule has 168 valence electrons. The molecule has 1 saturated heterocycles. The summed E-state index contributed by atoms with van der Waals surface area (Å²) < 4.78 is 39.2. The van der Waals surface area contributed by atoms with Gasteiger partial charge in [0.15, 0.2) is 6.73 Å². The lowest BCUT2D eigenvalue weighted by Gasteiger charge is -2.34. The van der Waals surface area contributed by atoms with Crippen LogP contribution in [0.25, 0.3) is 10.9 Å². The molecule has 0 bridgehead atoms. The van der Waals surface area contributed by atoms with E-state index in [1.807, 2.05) is 13.8 Å². The van der Waals surface area contributed by atoms with E-state index in [2.05, 4.69) is 10.3 Å². The normalized spacial score (nSPS) is 19.7. The topological polar surface area (TPSA) is 121 Å². The predicted molar refractivity (Wildman–Crippen MR) is 114 cm³/mol. The summed E-state index contributed by atoms with van der Waals surface area (Å²) in [5.74, 6) is -0.785. The van der Waals surface area contributed by atoms with E-state index in [1.54, 1.807) is 24.3 Å². The highest BCUT2D eigenvalue weighted by molar-refractivity contribution is 7.89. The van der Waals surface area contributed by atoms with Gasteiger partial charge in [0.2, 0.25) is 10.0 Å². The second kappa shape index (κ2) is 8.77. The molecule has 0 radical (unpaired) electrons. The molecule has 1 aromatic heterocycles. The van der Waals surface area contributed by atoms with Crippen molar-refractivity contribution in [3.63, 3.8) is 0 Å². The van der Waals surface area contributed by atoms with Gasteiger partial charge in [-0.1, -0.05) is 23.4 Å². The van der Waals surface area contributed by atoms with E-state index >= 15 is 0 Å². The molecule has 2 aromatic carbocycles. The van der Waals surface area contributed by atoms with E-state index in [1.165, 1.54) is 28.6 Å². The van der Waals surface area contributed by atoms with Crippen LogP contribution in [0.1, 0.15) is 24.2 Å². The third-order valence-electron chi connectivity index (χ3n) is 5.04. The van der Waals surface area contributed by atoms with Gasteiger partial charge in [0.25, 0.3) is 5.56 Å². The van der Waals surface area contributed by atoms with Gasteiger partial charge in [-0.15, -0.1) is 5.10 Å². The van der Waals surface area contributed by atoms with Gasteiger partial charge in [-0.2, -0.15) is 8.99 Å². The molecule has 0 aliphatic carbocycles. The highest BCUT2D eigenvalue weighted by atomic mass is 32.2. The standard InChI is InChI=1S/C21H22N4O6S/c1-14-11-24(12-15(2)31-14)32(28,29)17-7-5-6-16(10-17)21(27)30-13-25-20(26)18-8-3-4-9-19(18)22-23-25/h3-10,14-15H,11-13H2,1-2H3. The van der Waals surface area contributed by atoms with Crippen LogP contribution in [-0.4, -0.2) is 59.0 Å². The maximum atomic E-state index is 13.1. The smallest absolute Gasteiger partial charge is 0.339 e. The van der Waals surface area contributed by atoms with Gasteiger partial charge in [-0.05, 0) is 44.2 Å². The van der Waals surface area contributed by atoms with Gasteiger partial charge in [0, 0.05) is 13.1 Å². The first kappa shape index (κ1) is 22.1. The van der Waals surface area contributed by atoms with Crippen LogP contribution in [-0.2, 0) is 26.2 Å². The monoisotopic (exact) mass is 458 g/mol. The molecule has 0 N–H and O–H groups in total. The van der Waals surface area contributed by atoms with Crippen LogP contribution in [0.15, 0.2) is 58.2 Å². The molecule has 2 unspecified atom stereocenters. The second-order valence-corrected chi connectivity index (χ2v) is 9.52. The fraction of sp³-hybridized carbons (Fsp3) is 0.333. The zero-order chi connectivity index (χ0) is 22.9. The lowest BCUT2D eigenvalue weighted by atomic mass is 10.2. The second-order valence-electron chi connectivity index (χ2n) is 7.58. The van der Waals surface area contributed by atoms with E-state index < -0.39 is 28.3 Å².